The number of hydrogen-bond donors (Lipinski definition) is 1. The minimum absolute atomic E-state index is 0.234. The molecule has 0 fully saturated rings. The molecule has 1 unspecified atom stereocenters. The lowest BCUT2D eigenvalue weighted by molar-refractivity contribution is 0.259. The fraction of sp³-hybridized carbons (Fsp3) is 0.200. The third-order valence-electron chi connectivity index (χ3n) is 5.27. The number of phenols is 1. The SMILES string of the molecule is CCC1=C(c2cccc(OC)c2)C(c2ccc(O)cc2)Oc2ccc(OC)cc21. The van der Waals surface area contributed by atoms with Gasteiger partial charge >= 0.3 is 0 Å². The topological polar surface area (TPSA) is 47.9 Å². The highest BCUT2D eigenvalue weighted by Crippen LogP contribution is 2.49. The van der Waals surface area contributed by atoms with E-state index in [1.54, 1.807) is 26.4 Å². The van der Waals surface area contributed by atoms with E-state index in [2.05, 4.69) is 13.0 Å². The average molecular weight is 388 g/mol. The summed E-state index contributed by atoms with van der Waals surface area (Å²) in [6.45, 7) is 2.15. The lowest BCUT2D eigenvalue weighted by Crippen LogP contribution is -2.17. The molecule has 0 radical (unpaired) electrons. The van der Waals surface area contributed by atoms with Crippen molar-refractivity contribution in [2.24, 2.45) is 0 Å². The van der Waals surface area contributed by atoms with Crippen molar-refractivity contribution in [3.05, 3.63) is 83.4 Å². The van der Waals surface area contributed by atoms with Crippen LogP contribution in [0.3, 0.4) is 0 Å². The molecule has 4 nitrogen and oxygen atoms in total. The Morgan fingerprint density at radius 3 is 2.31 bits per heavy atom. The van der Waals surface area contributed by atoms with Crippen LogP contribution in [-0.4, -0.2) is 19.3 Å². The molecule has 0 bridgehead atoms. The van der Waals surface area contributed by atoms with Crippen molar-refractivity contribution in [1.82, 2.24) is 0 Å². The predicted octanol–water partition coefficient (Wildman–Crippen LogP) is 5.86. The molecule has 1 aliphatic rings. The van der Waals surface area contributed by atoms with E-state index in [0.29, 0.717) is 0 Å². The van der Waals surface area contributed by atoms with Crippen LogP contribution in [0.1, 0.15) is 36.1 Å². The van der Waals surface area contributed by atoms with Gasteiger partial charge in [-0.1, -0.05) is 31.2 Å². The Hall–Kier alpha value is -3.40. The van der Waals surface area contributed by atoms with Crippen LogP contribution in [-0.2, 0) is 0 Å². The van der Waals surface area contributed by atoms with E-state index < -0.39 is 0 Å². The molecule has 3 aromatic rings. The molecular weight excluding hydrogens is 364 g/mol. The molecule has 29 heavy (non-hydrogen) atoms. The maximum absolute atomic E-state index is 9.74. The van der Waals surface area contributed by atoms with Crippen LogP contribution in [0.2, 0.25) is 0 Å². The first-order chi connectivity index (χ1) is 14.1. The highest BCUT2D eigenvalue weighted by molar-refractivity contribution is 5.96. The monoisotopic (exact) mass is 388 g/mol. The van der Waals surface area contributed by atoms with Gasteiger partial charge in [-0.2, -0.15) is 0 Å². The zero-order chi connectivity index (χ0) is 20.4. The molecule has 0 saturated carbocycles. The van der Waals surface area contributed by atoms with Gasteiger partial charge in [0.2, 0.25) is 0 Å². The van der Waals surface area contributed by atoms with Gasteiger partial charge in [0, 0.05) is 11.1 Å². The summed E-state index contributed by atoms with van der Waals surface area (Å²) in [6.07, 6.45) is 0.545. The van der Waals surface area contributed by atoms with E-state index in [1.807, 2.05) is 48.5 Å². The van der Waals surface area contributed by atoms with Gasteiger partial charge in [0.05, 0.1) is 14.2 Å². The minimum atomic E-state index is -0.293. The van der Waals surface area contributed by atoms with E-state index in [4.69, 9.17) is 14.2 Å². The summed E-state index contributed by atoms with van der Waals surface area (Å²) in [5.74, 6) is 2.66. The van der Waals surface area contributed by atoms with Crippen molar-refractivity contribution in [2.45, 2.75) is 19.4 Å². The van der Waals surface area contributed by atoms with Gasteiger partial charge in [0.1, 0.15) is 29.1 Å². The van der Waals surface area contributed by atoms with Crippen LogP contribution >= 0.6 is 0 Å². The Kier molecular flexibility index (Phi) is 5.17. The third-order valence-corrected chi connectivity index (χ3v) is 5.27. The molecule has 1 atom stereocenters. The summed E-state index contributed by atoms with van der Waals surface area (Å²) in [5.41, 5.74) is 5.37. The molecule has 0 aromatic heterocycles. The van der Waals surface area contributed by atoms with Gasteiger partial charge in [0.15, 0.2) is 0 Å². The number of methoxy groups -OCH3 is 2. The van der Waals surface area contributed by atoms with Crippen molar-refractivity contribution in [3.63, 3.8) is 0 Å². The molecule has 1 aliphatic heterocycles. The van der Waals surface area contributed by atoms with Crippen molar-refractivity contribution >= 4 is 11.1 Å². The number of aromatic hydroxyl groups is 1. The lowest BCUT2D eigenvalue weighted by atomic mass is 9.84. The number of benzene rings is 3. The summed E-state index contributed by atoms with van der Waals surface area (Å²) in [5, 5.41) is 9.74. The van der Waals surface area contributed by atoms with Gasteiger partial charge in [0.25, 0.3) is 0 Å². The fourth-order valence-electron chi connectivity index (χ4n) is 3.84. The number of hydrogen-bond acceptors (Lipinski definition) is 4. The van der Waals surface area contributed by atoms with Gasteiger partial charge in [-0.3, -0.25) is 0 Å². The number of allylic oxidation sites excluding steroid dienone is 1. The van der Waals surface area contributed by atoms with Crippen molar-refractivity contribution in [3.8, 4) is 23.0 Å². The molecule has 0 aliphatic carbocycles. The minimum Gasteiger partial charge on any atom is -0.508 e. The molecular formula is C25H24O4. The molecule has 0 spiro atoms. The van der Waals surface area contributed by atoms with Gasteiger partial charge < -0.3 is 19.3 Å². The highest BCUT2D eigenvalue weighted by Gasteiger charge is 2.30. The van der Waals surface area contributed by atoms with Crippen molar-refractivity contribution in [1.29, 1.82) is 0 Å². The summed E-state index contributed by atoms with van der Waals surface area (Å²) >= 11 is 0. The van der Waals surface area contributed by atoms with Crippen LogP contribution in [0.15, 0.2) is 66.7 Å². The second-order valence-electron chi connectivity index (χ2n) is 6.93. The molecule has 0 amide bonds. The largest absolute Gasteiger partial charge is 0.508 e. The first kappa shape index (κ1) is 18.9. The maximum atomic E-state index is 9.74. The summed E-state index contributed by atoms with van der Waals surface area (Å²) in [7, 11) is 3.34. The molecule has 148 valence electrons. The van der Waals surface area contributed by atoms with Gasteiger partial charge in [-0.15, -0.1) is 0 Å². The van der Waals surface area contributed by atoms with Crippen LogP contribution < -0.4 is 14.2 Å². The first-order valence-electron chi connectivity index (χ1n) is 9.66. The summed E-state index contributed by atoms with van der Waals surface area (Å²) in [4.78, 5) is 0. The lowest BCUT2D eigenvalue weighted by Gasteiger charge is -2.32. The Balaban J connectivity index is 1.96. The Labute approximate surface area is 171 Å². The van der Waals surface area contributed by atoms with Crippen LogP contribution in [0.25, 0.3) is 11.1 Å². The number of phenolic OH excluding ortho intramolecular Hbond substituents is 1. The fourth-order valence-corrected chi connectivity index (χ4v) is 3.84. The standard InChI is InChI=1S/C25H24O4/c1-4-21-22-15-20(28-3)12-13-23(22)29-25(16-8-10-18(26)11-9-16)24(21)17-6-5-7-19(14-17)27-2/h5-15,25-26H,4H2,1-3H3. The quantitative estimate of drug-likeness (QED) is 0.594. The number of ether oxygens (including phenoxy) is 3. The average Bonchev–Trinajstić information content (AvgIpc) is 2.77. The highest BCUT2D eigenvalue weighted by atomic mass is 16.5. The van der Waals surface area contributed by atoms with Gasteiger partial charge in [-0.25, -0.2) is 0 Å². The molecule has 4 rings (SSSR count). The number of fused-ring (bicyclic) bond motifs is 1. The van der Waals surface area contributed by atoms with Crippen LogP contribution in [0, 0.1) is 0 Å². The third kappa shape index (κ3) is 3.54. The van der Waals surface area contributed by atoms with E-state index in [0.717, 1.165) is 45.9 Å². The second-order valence-corrected chi connectivity index (χ2v) is 6.93. The van der Waals surface area contributed by atoms with E-state index in [1.165, 1.54) is 5.57 Å². The van der Waals surface area contributed by atoms with Crippen LogP contribution in [0.4, 0.5) is 0 Å². The molecule has 1 N–H and O–H groups in total. The zero-order valence-electron chi connectivity index (χ0n) is 16.8. The molecule has 1 heterocycles. The smallest absolute Gasteiger partial charge is 0.150 e. The molecule has 3 aromatic carbocycles. The summed E-state index contributed by atoms with van der Waals surface area (Å²) in [6, 6.07) is 21.1. The van der Waals surface area contributed by atoms with E-state index in [-0.39, 0.29) is 11.9 Å². The van der Waals surface area contributed by atoms with E-state index >= 15 is 0 Å². The van der Waals surface area contributed by atoms with Gasteiger partial charge in [-0.05, 0) is 65.6 Å². The predicted molar refractivity (Wildman–Crippen MR) is 115 cm³/mol. The normalized spacial score (nSPS) is 15.5. The van der Waals surface area contributed by atoms with Crippen molar-refractivity contribution < 1.29 is 19.3 Å². The maximum Gasteiger partial charge on any atom is 0.150 e. The van der Waals surface area contributed by atoms with Crippen LogP contribution in [0.5, 0.6) is 23.0 Å². The first-order valence-corrected chi connectivity index (χ1v) is 9.66. The summed E-state index contributed by atoms with van der Waals surface area (Å²) < 4.78 is 17.4. The van der Waals surface area contributed by atoms with E-state index in [9.17, 15) is 5.11 Å². The zero-order valence-corrected chi connectivity index (χ0v) is 16.8. The molecule has 4 heteroatoms. The number of rotatable bonds is 5. The van der Waals surface area contributed by atoms with Crippen molar-refractivity contribution in [2.75, 3.05) is 14.2 Å². The Bertz CT molecular complexity index is 1050. The molecule has 0 saturated heterocycles. The Morgan fingerprint density at radius 2 is 1.62 bits per heavy atom. The Morgan fingerprint density at radius 1 is 0.897 bits per heavy atom. The second kappa shape index (κ2) is 7.92.